The Hall–Kier alpha value is -4.03. The van der Waals surface area contributed by atoms with E-state index in [-0.39, 0.29) is 12.3 Å². The van der Waals surface area contributed by atoms with Gasteiger partial charge in [-0.3, -0.25) is 0 Å². The van der Waals surface area contributed by atoms with Gasteiger partial charge in [0.2, 0.25) is 0 Å². The molecule has 3 aromatic rings. The maximum atomic E-state index is 11.6. The second-order valence-corrected chi connectivity index (χ2v) is 5.88. The van der Waals surface area contributed by atoms with Crippen LogP contribution in [0.15, 0.2) is 54.7 Å². The molecule has 1 aromatic heterocycles. The van der Waals surface area contributed by atoms with E-state index in [1.165, 1.54) is 10.8 Å². The lowest BCUT2D eigenvalue weighted by Crippen LogP contribution is -2.05. The molecule has 0 aliphatic rings. The summed E-state index contributed by atoms with van der Waals surface area (Å²) in [6.45, 7) is 0.248. The molecule has 27 heavy (non-hydrogen) atoms. The van der Waals surface area contributed by atoms with E-state index in [0.29, 0.717) is 28.0 Å². The first-order valence-electron chi connectivity index (χ1n) is 8.09. The van der Waals surface area contributed by atoms with E-state index in [9.17, 15) is 15.2 Å². The zero-order valence-corrected chi connectivity index (χ0v) is 14.5. The van der Waals surface area contributed by atoms with Crippen LogP contribution in [0.2, 0.25) is 0 Å². The van der Waals surface area contributed by atoms with Crippen LogP contribution < -0.4 is 4.74 Å². The number of aromatic carboxylic acids is 1. The standard InChI is InChI=1S/C21H15N3O3/c1-24-12-17(11-23)19(20(24)21(25)26)14-6-8-18(9-7-14)27-13-16-5-3-2-4-15(16)10-22/h2-9,12H,13H2,1H3,(H,25,26). The van der Waals surface area contributed by atoms with Crippen molar-refractivity contribution in [2.45, 2.75) is 6.61 Å². The molecule has 0 saturated heterocycles. The van der Waals surface area contributed by atoms with E-state index in [2.05, 4.69) is 6.07 Å². The monoisotopic (exact) mass is 357 g/mol. The fraction of sp³-hybridized carbons (Fsp3) is 0.0952. The van der Waals surface area contributed by atoms with Gasteiger partial charge in [0, 0.05) is 24.4 Å². The average Bonchev–Trinajstić information content (AvgIpc) is 3.03. The third-order valence-electron chi connectivity index (χ3n) is 4.18. The topological polar surface area (TPSA) is 99.0 Å². The van der Waals surface area contributed by atoms with Crippen molar-refractivity contribution in [1.82, 2.24) is 4.57 Å². The van der Waals surface area contributed by atoms with E-state index in [4.69, 9.17) is 10.00 Å². The van der Waals surface area contributed by atoms with Crippen LogP contribution >= 0.6 is 0 Å². The van der Waals surface area contributed by atoms with Gasteiger partial charge in [-0.15, -0.1) is 0 Å². The summed E-state index contributed by atoms with van der Waals surface area (Å²) in [6, 6.07) is 18.2. The van der Waals surface area contributed by atoms with Crippen LogP contribution in [0.4, 0.5) is 0 Å². The minimum absolute atomic E-state index is 0.0585. The van der Waals surface area contributed by atoms with Crippen molar-refractivity contribution in [2.75, 3.05) is 0 Å². The maximum absolute atomic E-state index is 11.6. The van der Waals surface area contributed by atoms with Crippen LogP contribution in [-0.4, -0.2) is 15.6 Å². The van der Waals surface area contributed by atoms with E-state index < -0.39 is 5.97 Å². The molecule has 0 amide bonds. The summed E-state index contributed by atoms with van der Waals surface area (Å²) in [5.41, 5.74) is 2.70. The van der Waals surface area contributed by atoms with E-state index in [1.807, 2.05) is 18.2 Å². The Kier molecular flexibility index (Phi) is 4.92. The smallest absolute Gasteiger partial charge is 0.353 e. The van der Waals surface area contributed by atoms with Gasteiger partial charge in [-0.25, -0.2) is 4.79 Å². The molecule has 6 heteroatoms. The molecule has 0 bridgehead atoms. The van der Waals surface area contributed by atoms with Crippen molar-refractivity contribution < 1.29 is 14.6 Å². The molecule has 0 aliphatic carbocycles. The Morgan fingerprint density at radius 2 is 1.74 bits per heavy atom. The van der Waals surface area contributed by atoms with Crippen molar-refractivity contribution in [3.63, 3.8) is 0 Å². The van der Waals surface area contributed by atoms with Crippen molar-refractivity contribution >= 4 is 5.97 Å². The summed E-state index contributed by atoms with van der Waals surface area (Å²) in [4.78, 5) is 11.6. The summed E-state index contributed by atoms with van der Waals surface area (Å²) in [7, 11) is 1.60. The normalized spacial score (nSPS) is 10.0. The first-order chi connectivity index (χ1) is 13.0. The Labute approximate surface area is 156 Å². The predicted octanol–water partition coefficient (Wildman–Crippen LogP) is 3.71. The SMILES string of the molecule is Cn1cc(C#N)c(-c2ccc(OCc3ccccc3C#N)cc2)c1C(=O)O. The third kappa shape index (κ3) is 3.51. The molecule has 0 unspecified atom stereocenters. The summed E-state index contributed by atoms with van der Waals surface area (Å²) in [5.74, 6) is -0.514. The summed E-state index contributed by atoms with van der Waals surface area (Å²) in [5, 5.41) is 27.9. The molecular formula is C21H15N3O3. The van der Waals surface area contributed by atoms with Crippen molar-refractivity contribution in [2.24, 2.45) is 7.05 Å². The molecular weight excluding hydrogens is 342 g/mol. The van der Waals surface area contributed by atoms with Crippen LogP contribution in [-0.2, 0) is 13.7 Å². The summed E-state index contributed by atoms with van der Waals surface area (Å²) >= 11 is 0. The molecule has 1 heterocycles. The molecule has 3 rings (SSSR count). The van der Waals surface area contributed by atoms with Gasteiger partial charge < -0.3 is 14.4 Å². The molecule has 0 atom stereocenters. The number of nitrogens with zero attached hydrogens (tertiary/aromatic N) is 3. The van der Waals surface area contributed by atoms with Crippen molar-refractivity contribution in [3.05, 3.63) is 77.1 Å². The van der Waals surface area contributed by atoms with E-state index in [1.54, 1.807) is 43.4 Å². The lowest BCUT2D eigenvalue weighted by atomic mass is 10.0. The molecule has 0 aliphatic heterocycles. The Balaban J connectivity index is 1.86. The largest absolute Gasteiger partial charge is 0.489 e. The number of benzene rings is 2. The molecule has 6 nitrogen and oxygen atoms in total. The van der Waals surface area contributed by atoms with Gasteiger partial charge in [0.15, 0.2) is 0 Å². The number of hydrogen-bond acceptors (Lipinski definition) is 4. The van der Waals surface area contributed by atoms with E-state index >= 15 is 0 Å². The van der Waals surface area contributed by atoms with Gasteiger partial charge in [-0.2, -0.15) is 10.5 Å². The zero-order valence-electron chi connectivity index (χ0n) is 14.5. The molecule has 0 radical (unpaired) electrons. The van der Waals surface area contributed by atoms with Gasteiger partial charge >= 0.3 is 5.97 Å². The molecule has 0 spiro atoms. The predicted molar refractivity (Wildman–Crippen MR) is 98.0 cm³/mol. The highest BCUT2D eigenvalue weighted by Gasteiger charge is 2.21. The van der Waals surface area contributed by atoms with Gasteiger partial charge in [0.05, 0.1) is 17.2 Å². The van der Waals surface area contributed by atoms with Gasteiger partial charge in [-0.05, 0) is 23.8 Å². The second kappa shape index (κ2) is 7.47. The molecule has 2 aromatic carbocycles. The molecule has 0 saturated carbocycles. The van der Waals surface area contributed by atoms with Gasteiger partial charge in [0.25, 0.3) is 0 Å². The van der Waals surface area contributed by atoms with Crippen molar-refractivity contribution in [1.29, 1.82) is 10.5 Å². The Morgan fingerprint density at radius 3 is 2.37 bits per heavy atom. The first kappa shape index (κ1) is 17.8. The van der Waals surface area contributed by atoms with Crippen LogP contribution in [0.3, 0.4) is 0 Å². The third-order valence-corrected chi connectivity index (χ3v) is 4.18. The minimum atomic E-state index is -1.09. The Morgan fingerprint density at radius 1 is 1.07 bits per heavy atom. The number of hydrogen-bond donors (Lipinski definition) is 1. The first-order valence-corrected chi connectivity index (χ1v) is 8.09. The summed E-state index contributed by atoms with van der Waals surface area (Å²) in [6.07, 6.45) is 1.50. The van der Waals surface area contributed by atoms with Gasteiger partial charge in [0.1, 0.15) is 24.1 Å². The number of aromatic nitrogens is 1. The number of ether oxygens (including phenoxy) is 1. The number of aryl methyl sites for hydroxylation is 1. The van der Waals surface area contributed by atoms with Crippen LogP contribution in [0.5, 0.6) is 5.75 Å². The highest BCUT2D eigenvalue weighted by molar-refractivity contribution is 5.96. The molecule has 132 valence electrons. The fourth-order valence-electron chi connectivity index (χ4n) is 2.90. The van der Waals surface area contributed by atoms with Crippen LogP contribution in [0, 0.1) is 22.7 Å². The number of carbonyl (C=O) groups is 1. The lowest BCUT2D eigenvalue weighted by molar-refractivity contribution is 0.0687. The zero-order chi connectivity index (χ0) is 19.4. The van der Waals surface area contributed by atoms with Crippen molar-refractivity contribution in [3.8, 4) is 29.0 Å². The second-order valence-electron chi connectivity index (χ2n) is 5.88. The fourth-order valence-corrected chi connectivity index (χ4v) is 2.90. The summed E-state index contributed by atoms with van der Waals surface area (Å²) < 4.78 is 7.16. The van der Waals surface area contributed by atoms with Gasteiger partial charge in [-0.1, -0.05) is 30.3 Å². The number of carboxylic acid groups (broad SMARTS) is 1. The average molecular weight is 357 g/mol. The van der Waals surface area contributed by atoms with Crippen LogP contribution in [0.1, 0.15) is 27.2 Å². The van der Waals surface area contributed by atoms with Crippen LogP contribution in [0.25, 0.3) is 11.1 Å². The Bertz CT molecular complexity index is 1080. The number of nitriles is 2. The molecule has 1 N–H and O–H groups in total. The molecule has 0 fully saturated rings. The minimum Gasteiger partial charge on any atom is -0.489 e. The highest BCUT2D eigenvalue weighted by Crippen LogP contribution is 2.30. The maximum Gasteiger partial charge on any atom is 0.353 e. The lowest BCUT2D eigenvalue weighted by Gasteiger charge is -2.09. The quantitative estimate of drug-likeness (QED) is 0.750. The highest BCUT2D eigenvalue weighted by atomic mass is 16.5. The number of rotatable bonds is 5. The van der Waals surface area contributed by atoms with E-state index in [0.717, 1.165) is 5.56 Å². The number of carboxylic acids is 1.